The summed E-state index contributed by atoms with van der Waals surface area (Å²) in [6, 6.07) is 4.84. The quantitative estimate of drug-likeness (QED) is 0.850. The molecule has 0 amide bonds. The highest BCUT2D eigenvalue weighted by Crippen LogP contribution is 2.20. The maximum atomic E-state index is 13.0. The molecule has 0 radical (unpaired) electrons. The molecular formula is C14H17ClFNO. The van der Waals surface area contributed by atoms with E-state index in [1.807, 2.05) is 0 Å². The van der Waals surface area contributed by atoms with E-state index in [2.05, 4.69) is 12.2 Å². The topological polar surface area (TPSA) is 29.1 Å². The van der Waals surface area contributed by atoms with E-state index in [0.717, 1.165) is 19.3 Å². The Kier molecular flexibility index (Phi) is 4.36. The molecule has 18 heavy (non-hydrogen) atoms. The summed E-state index contributed by atoms with van der Waals surface area (Å²) in [6.07, 6.45) is 3.78. The van der Waals surface area contributed by atoms with Crippen LogP contribution in [0.2, 0.25) is 5.02 Å². The van der Waals surface area contributed by atoms with Gasteiger partial charge in [0.1, 0.15) is 5.82 Å². The van der Waals surface area contributed by atoms with Crippen molar-refractivity contribution < 1.29 is 9.18 Å². The third-order valence-corrected chi connectivity index (χ3v) is 3.67. The van der Waals surface area contributed by atoms with Crippen LogP contribution in [0, 0.1) is 5.82 Å². The highest BCUT2D eigenvalue weighted by Gasteiger charge is 2.21. The van der Waals surface area contributed by atoms with Crippen molar-refractivity contribution in [2.75, 3.05) is 0 Å². The smallest absolute Gasteiger partial charge is 0.164 e. The number of hydrogen-bond donors (Lipinski definition) is 1. The summed E-state index contributed by atoms with van der Waals surface area (Å²) in [6.45, 7) is 2.13. The number of rotatable bonds is 3. The van der Waals surface area contributed by atoms with Crippen molar-refractivity contribution in [3.05, 3.63) is 34.6 Å². The molecule has 2 unspecified atom stereocenters. The van der Waals surface area contributed by atoms with Crippen molar-refractivity contribution in [3.63, 3.8) is 0 Å². The summed E-state index contributed by atoms with van der Waals surface area (Å²) in [7, 11) is 0. The molecule has 98 valence electrons. The minimum Gasteiger partial charge on any atom is -0.311 e. The minimum absolute atomic E-state index is 0.00539. The van der Waals surface area contributed by atoms with Crippen molar-refractivity contribution in [1.29, 1.82) is 0 Å². The molecule has 1 aromatic carbocycles. The Bertz CT molecular complexity index is 449. The first-order chi connectivity index (χ1) is 8.56. The molecule has 0 spiro atoms. The average Bonchev–Trinajstić information content (AvgIpc) is 2.32. The van der Waals surface area contributed by atoms with Crippen molar-refractivity contribution in [2.45, 2.75) is 44.7 Å². The Labute approximate surface area is 112 Å². The lowest BCUT2D eigenvalue weighted by Gasteiger charge is -2.28. The standard InChI is InChI=1S/C14H17ClFNO/c1-9-3-2-4-11(17-9)8-14(18)10-5-6-13(16)12(15)7-10/h5-7,9,11,17H,2-4,8H2,1H3. The second-order valence-electron chi connectivity index (χ2n) is 4.95. The number of halogens is 2. The molecule has 1 aromatic rings. The van der Waals surface area contributed by atoms with Crippen LogP contribution in [0.4, 0.5) is 4.39 Å². The van der Waals surface area contributed by atoms with Gasteiger partial charge in [-0.05, 0) is 38.0 Å². The molecule has 0 saturated carbocycles. The van der Waals surface area contributed by atoms with Crippen LogP contribution in [-0.4, -0.2) is 17.9 Å². The number of carbonyl (C=O) groups excluding carboxylic acids is 1. The number of ketones is 1. The highest BCUT2D eigenvalue weighted by atomic mass is 35.5. The monoisotopic (exact) mass is 269 g/mol. The van der Waals surface area contributed by atoms with Crippen molar-refractivity contribution >= 4 is 17.4 Å². The molecule has 1 aliphatic rings. The third-order valence-electron chi connectivity index (χ3n) is 3.38. The fourth-order valence-corrected chi connectivity index (χ4v) is 2.59. The number of benzene rings is 1. The zero-order valence-corrected chi connectivity index (χ0v) is 11.1. The second-order valence-corrected chi connectivity index (χ2v) is 5.36. The summed E-state index contributed by atoms with van der Waals surface area (Å²) in [5.41, 5.74) is 0.487. The molecule has 2 nitrogen and oxygen atoms in total. The van der Waals surface area contributed by atoms with Gasteiger partial charge in [0.25, 0.3) is 0 Å². The lowest BCUT2D eigenvalue weighted by Crippen LogP contribution is -2.41. The van der Waals surface area contributed by atoms with Crippen molar-refractivity contribution in [2.24, 2.45) is 0 Å². The van der Waals surface area contributed by atoms with E-state index in [9.17, 15) is 9.18 Å². The normalized spacial score (nSPS) is 23.9. The molecule has 2 atom stereocenters. The van der Waals surface area contributed by atoms with Crippen molar-refractivity contribution in [1.82, 2.24) is 5.32 Å². The first-order valence-corrected chi connectivity index (χ1v) is 6.68. The van der Waals surface area contributed by atoms with E-state index in [1.54, 1.807) is 0 Å². The number of piperidine rings is 1. The van der Waals surface area contributed by atoms with Gasteiger partial charge in [-0.3, -0.25) is 4.79 Å². The van der Waals surface area contributed by atoms with Gasteiger partial charge < -0.3 is 5.32 Å². The van der Waals surface area contributed by atoms with Gasteiger partial charge in [0.15, 0.2) is 5.78 Å². The number of carbonyl (C=O) groups is 1. The molecule has 1 heterocycles. The summed E-state index contributed by atoms with van der Waals surface area (Å²) in [4.78, 5) is 12.1. The summed E-state index contributed by atoms with van der Waals surface area (Å²) >= 11 is 5.68. The first-order valence-electron chi connectivity index (χ1n) is 6.30. The van der Waals surface area contributed by atoms with Crippen LogP contribution >= 0.6 is 11.6 Å². The Morgan fingerprint density at radius 2 is 2.28 bits per heavy atom. The highest BCUT2D eigenvalue weighted by molar-refractivity contribution is 6.31. The Morgan fingerprint density at radius 3 is 2.94 bits per heavy atom. The summed E-state index contributed by atoms with van der Waals surface area (Å²) < 4.78 is 13.0. The van der Waals surface area contributed by atoms with E-state index in [0.29, 0.717) is 18.0 Å². The van der Waals surface area contributed by atoms with E-state index >= 15 is 0 Å². The first kappa shape index (κ1) is 13.5. The predicted molar refractivity (Wildman–Crippen MR) is 70.6 cm³/mol. The minimum atomic E-state index is -0.488. The molecule has 1 fully saturated rings. The van der Waals surface area contributed by atoms with Gasteiger partial charge in [-0.1, -0.05) is 18.0 Å². The molecular weight excluding hydrogens is 253 g/mol. The fraction of sp³-hybridized carbons (Fsp3) is 0.500. The Morgan fingerprint density at radius 1 is 1.50 bits per heavy atom. The van der Waals surface area contributed by atoms with Crippen LogP contribution < -0.4 is 5.32 Å². The third kappa shape index (κ3) is 3.30. The Hall–Kier alpha value is -0.930. The maximum absolute atomic E-state index is 13.0. The van der Waals surface area contributed by atoms with Gasteiger partial charge in [-0.15, -0.1) is 0 Å². The molecule has 1 aliphatic heterocycles. The van der Waals surface area contributed by atoms with Gasteiger partial charge in [0.05, 0.1) is 5.02 Å². The second kappa shape index (κ2) is 5.81. The molecule has 0 aliphatic carbocycles. The van der Waals surface area contributed by atoms with Crippen LogP contribution in [0.5, 0.6) is 0 Å². The number of Topliss-reactive ketones (excluding diaryl/α,β-unsaturated/α-hetero) is 1. The molecule has 0 aromatic heterocycles. The number of nitrogens with one attached hydrogen (secondary N) is 1. The van der Waals surface area contributed by atoms with Crippen molar-refractivity contribution in [3.8, 4) is 0 Å². The SMILES string of the molecule is CC1CCCC(CC(=O)c2ccc(F)c(Cl)c2)N1. The van der Waals surface area contributed by atoms with Gasteiger partial charge in [-0.2, -0.15) is 0 Å². The van der Waals surface area contributed by atoms with Crippen LogP contribution in [0.3, 0.4) is 0 Å². The zero-order valence-electron chi connectivity index (χ0n) is 10.4. The molecule has 0 bridgehead atoms. The van der Waals surface area contributed by atoms with Crippen LogP contribution in [0.15, 0.2) is 18.2 Å². The van der Waals surface area contributed by atoms with Crippen LogP contribution in [0.25, 0.3) is 0 Å². The predicted octanol–water partition coefficient (Wildman–Crippen LogP) is 3.58. The van der Waals surface area contributed by atoms with Gasteiger partial charge >= 0.3 is 0 Å². The van der Waals surface area contributed by atoms with Gasteiger partial charge in [0.2, 0.25) is 0 Å². The number of hydrogen-bond acceptors (Lipinski definition) is 2. The van der Waals surface area contributed by atoms with Gasteiger partial charge in [0, 0.05) is 24.1 Å². The van der Waals surface area contributed by atoms with E-state index in [1.165, 1.54) is 18.2 Å². The fourth-order valence-electron chi connectivity index (χ4n) is 2.41. The molecule has 1 N–H and O–H groups in total. The maximum Gasteiger partial charge on any atom is 0.164 e. The van der Waals surface area contributed by atoms with E-state index in [-0.39, 0.29) is 16.8 Å². The lowest BCUT2D eigenvalue weighted by atomic mass is 9.94. The largest absolute Gasteiger partial charge is 0.311 e. The average molecular weight is 270 g/mol. The Balaban J connectivity index is 2.00. The molecule has 2 rings (SSSR count). The van der Waals surface area contributed by atoms with Crippen LogP contribution in [-0.2, 0) is 0 Å². The molecule has 4 heteroatoms. The molecule has 1 saturated heterocycles. The van der Waals surface area contributed by atoms with Gasteiger partial charge in [-0.25, -0.2) is 4.39 Å². The lowest BCUT2D eigenvalue weighted by molar-refractivity contribution is 0.0960. The zero-order chi connectivity index (χ0) is 13.1. The van der Waals surface area contributed by atoms with E-state index < -0.39 is 5.82 Å². The summed E-state index contributed by atoms with van der Waals surface area (Å²) in [5.74, 6) is -0.471. The van der Waals surface area contributed by atoms with E-state index in [4.69, 9.17) is 11.6 Å². The summed E-state index contributed by atoms with van der Waals surface area (Å²) in [5, 5.41) is 3.42. The van der Waals surface area contributed by atoms with Crippen LogP contribution in [0.1, 0.15) is 43.0 Å².